The van der Waals surface area contributed by atoms with Gasteiger partial charge in [-0.2, -0.15) is 0 Å². The second-order valence-corrected chi connectivity index (χ2v) is 4.83. The van der Waals surface area contributed by atoms with Gasteiger partial charge in [0, 0.05) is 12.6 Å². The molecule has 90 valence electrons. The smallest absolute Gasteiger partial charge is 0.230 e. The first-order valence-electron chi connectivity index (χ1n) is 5.90. The predicted octanol–water partition coefficient (Wildman–Crippen LogP) is 3.22. The van der Waals surface area contributed by atoms with Crippen LogP contribution >= 0.6 is 0 Å². The summed E-state index contributed by atoms with van der Waals surface area (Å²) in [6, 6.07) is 9.97. The lowest BCUT2D eigenvalue weighted by Gasteiger charge is -2.09. The van der Waals surface area contributed by atoms with Crippen LogP contribution in [0.4, 0.5) is 0 Å². The molecule has 1 N–H and O–H groups in total. The minimum absolute atomic E-state index is 0.0845. The van der Waals surface area contributed by atoms with Crippen molar-refractivity contribution < 1.29 is 5.11 Å². The Labute approximate surface area is 102 Å². The summed E-state index contributed by atoms with van der Waals surface area (Å²) in [5.74, 6) is 0.583. The molecule has 1 heterocycles. The van der Waals surface area contributed by atoms with E-state index in [1.165, 1.54) is 5.56 Å². The Balaban J connectivity index is 2.40. The first-order chi connectivity index (χ1) is 8.06. The van der Waals surface area contributed by atoms with Crippen molar-refractivity contribution in [2.24, 2.45) is 5.92 Å². The summed E-state index contributed by atoms with van der Waals surface area (Å²) in [6.07, 6.45) is 0. The molecular weight excluding hydrogens is 212 g/mol. The molecule has 3 nitrogen and oxygen atoms in total. The maximum absolute atomic E-state index is 9.53. The van der Waals surface area contributed by atoms with Crippen LogP contribution in [0.1, 0.15) is 19.4 Å². The third-order valence-electron chi connectivity index (χ3n) is 2.65. The number of hydrogen-bond acceptors (Lipinski definition) is 2. The third-order valence-corrected chi connectivity index (χ3v) is 2.65. The van der Waals surface area contributed by atoms with E-state index in [1.54, 1.807) is 6.07 Å². The topological polar surface area (TPSA) is 38.1 Å². The van der Waals surface area contributed by atoms with E-state index in [9.17, 15) is 5.11 Å². The first kappa shape index (κ1) is 11.7. The van der Waals surface area contributed by atoms with Crippen molar-refractivity contribution in [1.82, 2.24) is 9.78 Å². The Hall–Kier alpha value is -1.77. The van der Waals surface area contributed by atoms with E-state index >= 15 is 0 Å². The van der Waals surface area contributed by atoms with E-state index in [-0.39, 0.29) is 5.88 Å². The molecular formula is C14H18N2O. The van der Waals surface area contributed by atoms with Crippen molar-refractivity contribution in [2.45, 2.75) is 27.3 Å². The van der Waals surface area contributed by atoms with Crippen LogP contribution in [0.25, 0.3) is 11.3 Å². The molecule has 2 rings (SSSR count). The summed E-state index contributed by atoms with van der Waals surface area (Å²) in [6.45, 7) is 7.14. The number of rotatable bonds is 3. The van der Waals surface area contributed by atoms with Crippen molar-refractivity contribution in [1.29, 1.82) is 0 Å². The summed E-state index contributed by atoms with van der Waals surface area (Å²) in [5.41, 5.74) is 3.29. The van der Waals surface area contributed by atoms with Crippen molar-refractivity contribution in [3.05, 3.63) is 35.9 Å². The zero-order valence-corrected chi connectivity index (χ0v) is 10.5. The molecule has 0 spiro atoms. The summed E-state index contributed by atoms with van der Waals surface area (Å²) < 4.78 is 1.87. The van der Waals surface area contributed by atoms with Crippen molar-refractivity contribution >= 4 is 0 Å². The van der Waals surface area contributed by atoms with Crippen LogP contribution in [0.15, 0.2) is 30.3 Å². The highest BCUT2D eigenvalue weighted by Gasteiger charge is 2.10. The van der Waals surface area contributed by atoms with Gasteiger partial charge in [0.25, 0.3) is 0 Å². The predicted molar refractivity (Wildman–Crippen MR) is 68.9 cm³/mol. The molecule has 0 amide bonds. The van der Waals surface area contributed by atoms with Crippen molar-refractivity contribution in [3.63, 3.8) is 0 Å². The number of aromatic nitrogens is 2. The van der Waals surface area contributed by atoms with Crippen LogP contribution < -0.4 is 0 Å². The summed E-state index contributed by atoms with van der Waals surface area (Å²) >= 11 is 0. The van der Waals surface area contributed by atoms with E-state index in [2.05, 4.69) is 50.1 Å². The molecule has 0 saturated heterocycles. The molecule has 2 aromatic rings. The van der Waals surface area contributed by atoms with E-state index in [1.807, 2.05) is 4.68 Å². The summed E-state index contributed by atoms with van der Waals surface area (Å²) in [5, 5.41) is 13.7. The molecule has 3 heteroatoms. The molecule has 0 aliphatic rings. The Morgan fingerprint density at radius 1 is 1.24 bits per heavy atom. The van der Waals surface area contributed by atoms with Gasteiger partial charge in [0.2, 0.25) is 5.88 Å². The molecule has 0 aliphatic carbocycles. The molecule has 0 unspecified atom stereocenters. The van der Waals surface area contributed by atoms with Gasteiger partial charge >= 0.3 is 0 Å². The minimum atomic E-state index is 0.0845. The highest BCUT2D eigenvalue weighted by molar-refractivity contribution is 5.61. The van der Waals surface area contributed by atoms with Crippen LogP contribution in [-0.2, 0) is 6.54 Å². The molecule has 17 heavy (non-hydrogen) atoms. The molecule has 0 saturated carbocycles. The molecule has 0 bridgehead atoms. The van der Waals surface area contributed by atoms with Gasteiger partial charge in [0.15, 0.2) is 0 Å². The number of aryl methyl sites for hydroxylation is 1. The van der Waals surface area contributed by atoms with Crippen LogP contribution in [0, 0.1) is 12.8 Å². The second kappa shape index (κ2) is 4.62. The SMILES string of the molecule is Cc1ccc(-c2cc(O)nn2CC(C)C)cc1. The lowest BCUT2D eigenvalue weighted by atomic mass is 10.1. The van der Waals surface area contributed by atoms with Crippen LogP contribution in [0.5, 0.6) is 5.88 Å². The monoisotopic (exact) mass is 230 g/mol. The quantitative estimate of drug-likeness (QED) is 0.879. The number of aromatic hydroxyl groups is 1. The lowest BCUT2D eigenvalue weighted by molar-refractivity contribution is 0.421. The van der Waals surface area contributed by atoms with Gasteiger partial charge in [-0.1, -0.05) is 43.7 Å². The van der Waals surface area contributed by atoms with Gasteiger partial charge in [-0.3, -0.25) is 4.68 Å². The summed E-state index contributed by atoms with van der Waals surface area (Å²) in [7, 11) is 0. The average Bonchev–Trinajstić information content (AvgIpc) is 2.59. The Morgan fingerprint density at radius 3 is 2.47 bits per heavy atom. The molecule has 1 aromatic heterocycles. The van der Waals surface area contributed by atoms with Crippen molar-refractivity contribution in [3.8, 4) is 17.1 Å². The van der Waals surface area contributed by atoms with Gasteiger partial charge in [0.05, 0.1) is 5.69 Å². The van der Waals surface area contributed by atoms with Gasteiger partial charge in [-0.15, -0.1) is 5.10 Å². The molecule has 0 atom stereocenters. The largest absolute Gasteiger partial charge is 0.492 e. The highest BCUT2D eigenvalue weighted by Crippen LogP contribution is 2.24. The van der Waals surface area contributed by atoms with Crippen LogP contribution in [-0.4, -0.2) is 14.9 Å². The van der Waals surface area contributed by atoms with Gasteiger partial charge < -0.3 is 5.11 Å². The van der Waals surface area contributed by atoms with Crippen LogP contribution in [0.3, 0.4) is 0 Å². The standard InChI is InChI=1S/C14H18N2O/c1-10(2)9-16-13(8-14(17)15-16)12-6-4-11(3)5-7-12/h4-8,10H,9H2,1-3H3,(H,15,17). The van der Waals surface area contributed by atoms with E-state index < -0.39 is 0 Å². The highest BCUT2D eigenvalue weighted by atomic mass is 16.3. The van der Waals surface area contributed by atoms with Gasteiger partial charge in [-0.05, 0) is 18.4 Å². The second-order valence-electron chi connectivity index (χ2n) is 4.83. The number of nitrogens with zero attached hydrogens (tertiary/aromatic N) is 2. The zero-order chi connectivity index (χ0) is 12.4. The minimum Gasteiger partial charge on any atom is -0.492 e. The van der Waals surface area contributed by atoms with Gasteiger partial charge in [0.1, 0.15) is 0 Å². The van der Waals surface area contributed by atoms with E-state index in [0.717, 1.165) is 17.8 Å². The molecule has 0 radical (unpaired) electrons. The Bertz CT molecular complexity index is 497. The molecule has 0 fully saturated rings. The van der Waals surface area contributed by atoms with E-state index in [0.29, 0.717) is 5.92 Å². The number of benzene rings is 1. The average molecular weight is 230 g/mol. The van der Waals surface area contributed by atoms with E-state index in [4.69, 9.17) is 0 Å². The molecule has 1 aromatic carbocycles. The van der Waals surface area contributed by atoms with Crippen LogP contribution in [0.2, 0.25) is 0 Å². The fourth-order valence-electron chi connectivity index (χ4n) is 1.84. The first-order valence-corrected chi connectivity index (χ1v) is 5.90. The third kappa shape index (κ3) is 2.67. The van der Waals surface area contributed by atoms with Gasteiger partial charge in [-0.25, -0.2) is 0 Å². The van der Waals surface area contributed by atoms with Crippen molar-refractivity contribution in [2.75, 3.05) is 0 Å². The molecule has 0 aliphatic heterocycles. The normalized spacial score (nSPS) is 11.1. The maximum Gasteiger partial charge on any atom is 0.230 e. The number of hydrogen-bond donors (Lipinski definition) is 1. The maximum atomic E-state index is 9.53. The fourth-order valence-corrected chi connectivity index (χ4v) is 1.84. The summed E-state index contributed by atoms with van der Waals surface area (Å²) in [4.78, 5) is 0. The Morgan fingerprint density at radius 2 is 1.88 bits per heavy atom. The Kier molecular flexibility index (Phi) is 3.18. The zero-order valence-electron chi connectivity index (χ0n) is 10.5. The lowest BCUT2D eigenvalue weighted by Crippen LogP contribution is -2.07. The fraction of sp³-hybridized carbons (Fsp3) is 0.357.